The van der Waals surface area contributed by atoms with Crippen LogP contribution in [0.25, 0.3) is 5.78 Å². The second-order valence-electron chi connectivity index (χ2n) is 7.20. The van der Waals surface area contributed by atoms with Crippen LogP contribution in [-0.4, -0.2) is 51.2 Å². The number of methoxy groups -OCH3 is 1. The van der Waals surface area contributed by atoms with E-state index in [1.165, 1.54) is 18.4 Å². The van der Waals surface area contributed by atoms with E-state index in [9.17, 15) is 0 Å². The maximum Gasteiger partial charge on any atom is 0.254 e. The molecule has 1 aliphatic rings. The summed E-state index contributed by atoms with van der Waals surface area (Å²) >= 11 is 0. The molecular formula is C20H26N6O. The minimum absolute atomic E-state index is 0.645. The van der Waals surface area contributed by atoms with Crippen LogP contribution in [-0.2, 0) is 6.54 Å². The van der Waals surface area contributed by atoms with Crippen LogP contribution >= 0.6 is 0 Å². The molecule has 1 aromatic carbocycles. The van der Waals surface area contributed by atoms with E-state index >= 15 is 0 Å². The Morgan fingerprint density at radius 2 is 1.96 bits per heavy atom. The molecule has 0 atom stereocenters. The van der Waals surface area contributed by atoms with E-state index in [0.717, 1.165) is 43.4 Å². The van der Waals surface area contributed by atoms with Gasteiger partial charge in [0.05, 0.1) is 7.11 Å². The molecular weight excluding hydrogens is 340 g/mol. The fourth-order valence-corrected chi connectivity index (χ4v) is 3.64. The van der Waals surface area contributed by atoms with Crippen molar-refractivity contribution in [3.05, 3.63) is 47.9 Å². The summed E-state index contributed by atoms with van der Waals surface area (Å²) in [5.74, 6) is 3.20. The topological polar surface area (TPSA) is 67.6 Å². The van der Waals surface area contributed by atoms with Crippen molar-refractivity contribution in [3.63, 3.8) is 0 Å². The molecule has 0 spiro atoms. The Balaban J connectivity index is 1.28. The van der Waals surface area contributed by atoms with Gasteiger partial charge in [-0.05, 0) is 56.5 Å². The fourth-order valence-electron chi connectivity index (χ4n) is 3.64. The molecule has 7 heteroatoms. The largest absolute Gasteiger partial charge is 0.497 e. The summed E-state index contributed by atoms with van der Waals surface area (Å²) in [4.78, 5) is 11.1. The zero-order chi connectivity index (χ0) is 18.6. The molecule has 0 amide bonds. The number of piperidine rings is 1. The summed E-state index contributed by atoms with van der Waals surface area (Å²) in [5.41, 5.74) is 2.29. The Bertz CT molecular complexity index is 883. The molecule has 3 heterocycles. The van der Waals surface area contributed by atoms with Crippen molar-refractivity contribution in [1.82, 2.24) is 24.5 Å². The first-order valence-corrected chi connectivity index (χ1v) is 9.48. The third-order valence-corrected chi connectivity index (χ3v) is 5.22. The molecule has 142 valence electrons. The monoisotopic (exact) mass is 366 g/mol. The lowest BCUT2D eigenvalue weighted by atomic mass is 9.96. The zero-order valence-corrected chi connectivity index (χ0v) is 15.9. The smallest absolute Gasteiger partial charge is 0.254 e. The number of benzene rings is 1. The van der Waals surface area contributed by atoms with Crippen molar-refractivity contribution in [2.45, 2.75) is 26.3 Å². The Labute approximate surface area is 159 Å². The van der Waals surface area contributed by atoms with Crippen molar-refractivity contribution in [2.75, 3.05) is 32.1 Å². The summed E-state index contributed by atoms with van der Waals surface area (Å²) in [6, 6.07) is 10.4. The molecule has 1 fully saturated rings. The highest BCUT2D eigenvalue weighted by Gasteiger charge is 2.19. The Morgan fingerprint density at radius 3 is 2.70 bits per heavy atom. The van der Waals surface area contributed by atoms with Gasteiger partial charge in [0.25, 0.3) is 5.78 Å². The molecule has 3 aromatic rings. The molecule has 0 aliphatic carbocycles. The van der Waals surface area contributed by atoms with Gasteiger partial charge < -0.3 is 10.1 Å². The average Bonchev–Trinajstić information content (AvgIpc) is 3.16. The molecule has 1 aliphatic heterocycles. The number of nitrogens with zero attached hydrogens (tertiary/aromatic N) is 5. The van der Waals surface area contributed by atoms with Crippen molar-refractivity contribution in [2.24, 2.45) is 5.92 Å². The van der Waals surface area contributed by atoms with Gasteiger partial charge >= 0.3 is 0 Å². The Kier molecular flexibility index (Phi) is 5.20. The molecule has 0 unspecified atom stereocenters. The Hall–Kier alpha value is -2.67. The maximum absolute atomic E-state index is 5.23. The summed E-state index contributed by atoms with van der Waals surface area (Å²) < 4.78 is 7.00. The number of aryl methyl sites for hydroxylation is 1. The van der Waals surface area contributed by atoms with E-state index in [-0.39, 0.29) is 0 Å². The standard InChI is InChI=1S/C20H26N6O/c1-15-11-19(26-20(24-15)22-14-23-26)21-12-16-7-9-25(10-8-16)13-17-3-5-18(27-2)6-4-17/h3-6,11,14,16,21H,7-10,12-13H2,1-2H3. The minimum Gasteiger partial charge on any atom is -0.497 e. The molecule has 1 saturated heterocycles. The summed E-state index contributed by atoms with van der Waals surface area (Å²) in [6.07, 6.45) is 3.95. The van der Waals surface area contributed by atoms with E-state index in [1.807, 2.05) is 25.1 Å². The number of hydrogen-bond donors (Lipinski definition) is 1. The number of anilines is 1. The SMILES string of the molecule is COc1ccc(CN2CCC(CNc3cc(C)nc4ncnn34)CC2)cc1. The van der Waals surface area contributed by atoms with Gasteiger partial charge in [-0.15, -0.1) is 0 Å². The number of likely N-dealkylation sites (tertiary alicyclic amines) is 1. The second kappa shape index (κ2) is 7.92. The van der Waals surface area contributed by atoms with E-state index in [0.29, 0.717) is 11.7 Å². The molecule has 2 aromatic heterocycles. The van der Waals surface area contributed by atoms with E-state index < -0.39 is 0 Å². The van der Waals surface area contributed by atoms with Gasteiger partial charge in [-0.25, -0.2) is 4.98 Å². The molecule has 27 heavy (non-hydrogen) atoms. The number of aromatic nitrogens is 4. The number of nitrogens with one attached hydrogen (secondary N) is 1. The van der Waals surface area contributed by atoms with Crippen LogP contribution in [0.15, 0.2) is 36.7 Å². The van der Waals surface area contributed by atoms with E-state index in [1.54, 1.807) is 18.0 Å². The van der Waals surface area contributed by atoms with Crippen LogP contribution in [0.5, 0.6) is 5.75 Å². The van der Waals surface area contributed by atoms with Crippen LogP contribution in [0.4, 0.5) is 5.82 Å². The second-order valence-corrected chi connectivity index (χ2v) is 7.20. The van der Waals surface area contributed by atoms with Crippen LogP contribution in [0.2, 0.25) is 0 Å². The van der Waals surface area contributed by atoms with Gasteiger partial charge in [-0.3, -0.25) is 4.90 Å². The van der Waals surface area contributed by atoms with E-state index in [4.69, 9.17) is 4.74 Å². The highest BCUT2D eigenvalue weighted by atomic mass is 16.5. The first kappa shape index (κ1) is 17.7. The molecule has 4 rings (SSSR count). The predicted octanol–water partition coefficient (Wildman–Crippen LogP) is 2.77. The van der Waals surface area contributed by atoms with Gasteiger partial charge in [0, 0.05) is 24.8 Å². The Morgan fingerprint density at radius 1 is 1.19 bits per heavy atom. The lowest BCUT2D eigenvalue weighted by Crippen LogP contribution is -2.35. The third-order valence-electron chi connectivity index (χ3n) is 5.22. The first-order valence-electron chi connectivity index (χ1n) is 9.48. The van der Waals surface area contributed by atoms with Crippen LogP contribution < -0.4 is 10.1 Å². The van der Waals surface area contributed by atoms with Crippen LogP contribution in [0.3, 0.4) is 0 Å². The molecule has 0 saturated carbocycles. The van der Waals surface area contributed by atoms with Gasteiger partial charge in [0.2, 0.25) is 0 Å². The summed E-state index contributed by atoms with van der Waals surface area (Å²) in [5, 5.41) is 7.81. The van der Waals surface area contributed by atoms with Crippen molar-refractivity contribution < 1.29 is 4.74 Å². The zero-order valence-electron chi connectivity index (χ0n) is 15.9. The lowest BCUT2D eigenvalue weighted by Gasteiger charge is -2.32. The van der Waals surface area contributed by atoms with Crippen molar-refractivity contribution >= 4 is 11.6 Å². The normalized spacial score (nSPS) is 15.9. The minimum atomic E-state index is 0.645. The maximum atomic E-state index is 5.23. The summed E-state index contributed by atoms with van der Waals surface area (Å²) in [6.45, 7) is 6.21. The number of hydrogen-bond acceptors (Lipinski definition) is 6. The lowest BCUT2D eigenvalue weighted by molar-refractivity contribution is 0.182. The van der Waals surface area contributed by atoms with Crippen LogP contribution in [0.1, 0.15) is 24.1 Å². The van der Waals surface area contributed by atoms with Gasteiger partial charge in [-0.2, -0.15) is 14.6 Å². The van der Waals surface area contributed by atoms with Gasteiger partial charge in [-0.1, -0.05) is 12.1 Å². The third kappa shape index (κ3) is 4.19. The number of fused-ring (bicyclic) bond motifs is 1. The van der Waals surface area contributed by atoms with Gasteiger partial charge in [0.15, 0.2) is 0 Å². The number of rotatable bonds is 6. The van der Waals surface area contributed by atoms with Crippen molar-refractivity contribution in [3.8, 4) is 5.75 Å². The van der Waals surface area contributed by atoms with Crippen molar-refractivity contribution in [1.29, 1.82) is 0 Å². The predicted molar refractivity (Wildman–Crippen MR) is 105 cm³/mol. The summed E-state index contributed by atoms with van der Waals surface area (Å²) in [7, 11) is 1.70. The first-order chi connectivity index (χ1) is 13.2. The molecule has 0 bridgehead atoms. The fraction of sp³-hybridized carbons (Fsp3) is 0.450. The highest BCUT2D eigenvalue weighted by molar-refractivity contribution is 5.44. The van der Waals surface area contributed by atoms with Gasteiger partial charge in [0.1, 0.15) is 17.9 Å². The van der Waals surface area contributed by atoms with E-state index in [2.05, 4.69) is 37.4 Å². The molecule has 7 nitrogen and oxygen atoms in total. The van der Waals surface area contributed by atoms with Crippen LogP contribution in [0, 0.1) is 12.8 Å². The molecule has 0 radical (unpaired) electrons. The quantitative estimate of drug-likeness (QED) is 0.724. The molecule has 1 N–H and O–H groups in total. The number of ether oxygens (including phenoxy) is 1. The highest BCUT2D eigenvalue weighted by Crippen LogP contribution is 2.21. The average molecular weight is 366 g/mol.